The monoisotopic (exact) mass is 282 g/mol. The van der Waals surface area contributed by atoms with E-state index in [1.807, 2.05) is 12.1 Å². The largest absolute Gasteiger partial charge is 0.306 e. The van der Waals surface area contributed by atoms with Gasteiger partial charge >= 0.3 is 0 Å². The number of hydrogen-bond acceptors (Lipinski definition) is 4. The highest BCUT2D eigenvalue weighted by atomic mass is 16.1. The molecule has 0 amide bonds. The molecule has 21 heavy (non-hydrogen) atoms. The summed E-state index contributed by atoms with van der Waals surface area (Å²) in [5, 5.41) is 0. The summed E-state index contributed by atoms with van der Waals surface area (Å²) >= 11 is 0. The molecule has 3 heterocycles. The molecule has 108 valence electrons. The Morgan fingerprint density at radius 3 is 2.86 bits per heavy atom. The maximum atomic E-state index is 12.3. The molecule has 0 atom stereocenters. The summed E-state index contributed by atoms with van der Waals surface area (Å²) in [5.74, 6) is 1.52. The number of H-pyrrole nitrogens is 1. The molecule has 1 aliphatic carbocycles. The average molecular weight is 282 g/mol. The topological polar surface area (TPSA) is 61.9 Å². The van der Waals surface area contributed by atoms with Gasteiger partial charge in [0, 0.05) is 43.2 Å². The molecule has 1 saturated carbocycles. The van der Waals surface area contributed by atoms with Gasteiger partial charge in [-0.3, -0.25) is 14.7 Å². The summed E-state index contributed by atoms with van der Waals surface area (Å²) < 4.78 is 0. The van der Waals surface area contributed by atoms with Crippen molar-refractivity contribution in [1.82, 2.24) is 19.9 Å². The summed E-state index contributed by atoms with van der Waals surface area (Å²) in [4.78, 5) is 26.3. The Hall–Kier alpha value is -2.01. The van der Waals surface area contributed by atoms with Crippen LogP contribution in [0.1, 0.15) is 24.1 Å². The van der Waals surface area contributed by atoms with Crippen molar-refractivity contribution in [3.8, 4) is 11.4 Å². The van der Waals surface area contributed by atoms with E-state index < -0.39 is 0 Å². The Morgan fingerprint density at radius 2 is 2.10 bits per heavy atom. The molecular formula is C16H18N4O. The molecule has 1 fully saturated rings. The van der Waals surface area contributed by atoms with E-state index in [1.165, 1.54) is 12.8 Å². The van der Waals surface area contributed by atoms with Crippen LogP contribution in [0.4, 0.5) is 0 Å². The molecule has 1 N–H and O–H groups in total. The Balaban J connectivity index is 1.67. The minimum Gasteiger partial charge on any atom is -0.306 e. The molecule has 2 aromatic rings. The summed E-state index contributed by atoms with van der Waals surface area (Å²) in [7, 11) is 0. The van der Waals surface area contributed by atoms with Gasteiger partial charge in [-0.05, 0) is 37.3 Å². The van der Waals surface area contributed by atoms with Gasteiger partial charge in [0.2, 0.25) is 0 Å². The number of nitrogens with zero attached hydrogens (tertiary/aromatic N) is 3. The molecule has 0 radical (unpaired) electrons. The second-order valence-corrected chi connectivity index (χ2v) is 6.00. The third-order valence-electron chi connectivity index (χ3n) is 4.32. The zero-order valence-electron chi connectivity index (χ0n) is 11.9. The van der Waals surface area contributed by atoms with Crippen LogP contribution in [-0.2, 0) is 13.0 Å². The maximum absolute atomic E-state index is 12.3. The molecule has 1 aliphatic heterocycles. The van der Waals surface area contributed by atoms with E-state index in [9.17, 15) is 4.79 Å². The zero-order chi connectivity index (χ0) is 14.2. The van der Waals surface area contributed by atoms with E-state index in [1.54, 1.807) is 12.4 Å². The molecular weight excluding hydrogens is 264 g/mol. The highest BCUT2D eigenvalue weighted by molar-refractivity contribution is 5.54. The lowest BCUT2D eigenvalue weighted by Crippen LogP contribution is -2.36. The Morgan fingerprint density at radius 1 is 1.29 bits per heavy atom. The molecule has 5 heteroatoms. The zero-order valence-corrected chi connectivity index (χ0v) is 11.9. The van der Waals surface area contributed by atoms with Gasteiger partial charge in [-0.1, -0.05) is 0 Å². The first-order valence-corrected chi connectivity index (χ1v) is 7.54. The number of nitrogens with one attached hydrogen (secondary N) is 1. The highest BCUT2D eigenvalue weighted by Crippen LogP contribution is 2.31. The van der Waals surface area contributed by atoms with E-state index in [0.29, 0.717) is 5.82 Å². The maximum Gasteiger partial charge on any atom is 0.254 e. The van der Waals surface area contributed by atoms with Crippen molar-refractivity contribution in [2.45, 2.75) is 25.8 Å². The number of aromatic amines is 1. The molecule has 0 bridgehead atoms. The third-order valence-corrected chi connectivity index (χ3v) is 4.32. The first-order valence-electron chi connectivity index (χ1n) is 7.54. The molecule has 0 saturated heterocycles. The van der Waals surface area contributed by atoms with Gasteiger partial charge in [0.05, 0.1) is 5.69 Å². The van der Waals surface area contributed by atoms with Crippen LogP contribution in [0.15, 0.2) is 29.3 Å². The standard InChI is InChI=1S/C16H18N4O/c21-16-13-5-8-20(9-11-1-2-11)10-14(13)18-15(19-16)12-3-6-17-7-4-12/h3-4,6-7,11H,1-2,5,8-10H2,(H,18,19,21). The first kappa shape index (κ1) is 12.7. The van der Waals surface area contributed by atoms with Crippen LogP contribution >= 0.6 is 0 Å². The Labute approximate surface area is 123 Å². The highest BCUT2D eigenvalue weighted by Gasteiger charge is 2.27. The third kappa shape index (κ3) is 2.61. The van der Waals surface area contributed by atoms with Crippen molar-refractivity contribution < 1.29 is 0 Å². The van der Waals surface area contributed by atoms with E-state index in [-0.39, 0.29) is 5.56 Å². The van der Waals surface area contributed by atoms with Crippen LogP contribution in [0.5, 0.6) is 0 Å². The van der Waals surface area contributed by atoms with Crippen LogP contribution in [0, 0.1) is 5.92 Å². The van der Waals surface area contributed by atoms with Gasteiger partial charge in [0.15, 0.2) is 0 Å². The average Bonchev–Trinajstić information content (AvgIpc) is 3.32. The van der Waals surface area contributed by atoms with Crippen LogP contribution in [0.2, 0.25) is 0 Å². The Bertz CT molecular complexity index is 706. The van der Waals surface area contributed by atoms with E-state index in [0.717, 1.165) is 48.8 Å². The fourth-order valence-corrected chi connectivity index (χ4v) is 2.96. The van der Waals surface area contributed by atoms with Gasteiger partial charge in [0.25, 0.3) is 5.56 Å². The summed E-state index contributed by atoms with van der Waals surface area (Å²) in [6.45, 7) is 2.93. The first-order chi connectivity index (χ1) is 10.3. The van der Waals surface area contributed by atoms with Crippen LogP contribution in [-0.4, -0.2) is 32.9 Å². The minimum absolute atomic E-state index is 0.0119. The summed E-state index contributed by atoms with van der Waals surface area (Å²) in [6.07, 6.45) is 6.95. The predicted molar refractivity (Wildman–Crippen MR) is 79.8 cm³/mol. The van der Waals surface area contributed by atoms with Gasteiger partial charge in [0.1, 0.15) is 5.82 Å². The quantitative estimate of drug-likeness (QED) is 0.929. The lowest BCUT2D eigenvalue weighted by molar-refractivity contribution is 0.239. The van der Waals surface area contributed by atoms with Crippen molar-refractivity contribution >= 4 is 0 Å². The van der Waals surface area contributed by atoms with E-state index in [2.05, 4.69) is 14.9 Å². The molecule has 0 spiro atoms. The number of pyridine rings is 1. The molecule has 2 aliphatic rings. The lowest BCUT2D eigenvalue weighted by Gasteiger charge is -2.27. The van der Waals surface area contributed by atoms with Crippen molar-refractivity contribution in [3.63, 3.8) is 0 Å². The smallest absolute Gasteiger partial charge is 0.254 e. The van der Waals surface area contributed by atoms with E-state index >= 15 is 0 Å². The van der Waals surface area contributed by atoms with Gasteiger partial charge in [-0.25, -0.2) is 4.98 Å². The molecule has 4 rings (SSSR count). The van der Waals surface area contributed by atoms with Gasteiger partial charge in [-0.2, -0.15) is 0 Å². The van der Waals surface area contributed by atoms with Crippen LogP contribution < -0.4 is 5.56 Å². The number of hydrogen-bond donors (Lipinski definition) is 1. The molecule has 0 aromatic carbocycles. The minimum atomic E-state index is 0.0119. The predicted octanol–water partition coefficient (Wildman–Crippen LogP) is 1.60. The normalized spacial score (nSPS) is 18.5. The Kier molecular flexibility index (Phi) is 3.07. The second-order valence-electron chi connectivity index (χ2n) is 6.00. The van der Waals surface area contributed by atoms with Crippen LogP contribution in [0.25, 0.3) is 11.4 Å². The molecule has 0 unspecified atom stereocenters. The van der Waals surface area contributed by atoms with Crippen molar-refractivity contribution in [2.24, 2.45) is 5.92 Å². The molecule has 2 aromatic heterocycles. The van der Waals surface area contributed by atoms with Crippen molar-refractivity contribution in [3.05, 3.63) is 46.1 Å². The summed E-state index contributed by atoms with van der Waals surface area (Å²) in [6, 6.07) is 3.74. The van der Waals surface area contributed by atoms with Gasteiger partial charge in [-0.15, -0.1) is 0 Å². The van der Waals surface area contributed by atoms with Crippen LogP contribution in [0.3, 0.4) is 0 Å². The number of aromatic nitrogens is 3. The lowest BCUT2D eigenvalue weighted by atomic mass is 10.1. The van der Waals surface area contributed by atoms with E-state index in [4.69, 9.17) is 4.98 Å². The SMILES string of the molecule is O=c1[nH]c(-c2ccncc2)nc2c1CCN(CC1CC1)C2. The van der Waals surface area contributed by atoms with Crippen molar-refractivity contribution in [1.29, 1.82) is 0 Å². The van der Waals surface area contributed by atoms with Gasteiger partial charge < -0.3 is 4.98 Å². The van der Waals surface area contributed by atoms with Crippen molar-refractivity contribution in [2.75, 3.05) is 13.1 Å². The number of fused-ring (bicyclic) bond motifs is 1. The second kappa shape index (κ2) is 5.07. The fraction of sp³-hybridized carbons (Fsp3) is 0.438. The fourth-order valence-electron chi connectivity index (χ4n) is 2.96. The number of rotatable bonds is 3. The molecule has 5 nitrogen and oxygen atoms in total. The summed E-state index contributed by atoms with van der Waals surface area (Å²) in [5.41, 5.74) is 2.72.